The fourth-order valence-corrected chi connectivity index (χ4v) is 21.8. The predicted molar refractivity (Wildman–Crippen MR) is 416 cm³/mol. The van der Waals surface area contributed by atoms with Gasteiger partial charge in [0.25, 0.3) is 0 Å². The minimum Gasteiger partial charge on any atom is -0.481 e. The highest BCUT2D eigenvalue weighted by molar-refractivity contribution is 8.00. The second kappa shape index (κ2) is 46.4. The van der Waals surface area contributed by atoms with Crippen LogP contribution in [0.25, 0.3) is 0 Å². The van der Waals surface area contributed by atoms with Crippen molar-refractivity contribution in [2.75, 3.05) is 80.5 Å². The van der Waals surface area contributed by atoms with E-state index in [9.17, 15) is 156 Å². The Morgan fingerprint density at radius 3 is 0.610 bits per heavy atom. The van der Waals surface area contributed by atoms with Gasteiger partial charge in [0.15, 0.2) is 44.0 Å². The number of thioether (sulfide) groups is 7. The number of carboxylic acids is 8. The molecule has 29 rings (SSSR count). The van der Waals surface area contributed by atoms with E-state index in [0.717, 1.165) is 82.3 Å². The SMILES string of the molecule is O=C(O)CCSC[C@H]1O[C@@H]2O[C@H]3[C@H](O)[C@@H](O)[C@@H](O[C@H]4[C@H](O)[C@@H](O)[C@@H](O[C@H]5[C@H](O)[C@@H](O)[C@@H](O[C@@H]6OC7C[C@@]7(O[C@H]7[C@H](O)[C@@H](O)[C@@H](O[C@H]8[C@H](O)[C@@H](O)[C@@H](O[C@H]9[C@H](O)[C@@H](O)[C@@H](O[C@H]1[C@H](O)[C@H]2O)O[C@@H]9CSCCC(=O)O)O[C@@H]8CSCCC(=O)O)O[C@@H]7CSCCC(=O)O)C6(O)C(=O)O)O[C@@H]5CSCCC(=O)O)O[C@@H]4CSCCC(=O)O)O[C@@H]3CSCCC(=O)O. The highest BCUT2D eigenvalue weighted by Crippen LogP contribution is 2.61. The minimum absolute atomic E-state index is 0.156. The molecule has 2 unspecified atom stereocenters. The molecule has 0 radical (unpaired) electrons. The number of carbonyl (C=O) groups is 8. The molecule has 0 aromatic rings. The summed E-state index contributed by atoms with van der Waals surface area (Å²) in [6.07, 6.45) is -80.5. The third-order valence-corrected chi connectivity index (χ3v) is 28.9. The molecule has 0 aromatic heterocycles. The average molecular weight is 1910 g/mol. The average Bonchev–Trinajstić information content (AvgIpc) is 1.50. The van der Waals surface area contributed by atoms with Crippen molar-refractivity contribution in [2.45, 2.75) is 290 Å². The van der Waals surface area contributed by atoms with Crippen molar-refractivity contribution in [1.82, 2.24) is 0 Å². The first-order chi connectivity index (χ1) is 58.3. The minimum atomic E-state index is -3.47. The lowest BCUT2D eigenvalue weighted by Crippen LogP contribution is -2.68. The van der Waals surface area contributed by atoms with Crippen LogP contribution in [0.15, 0.2) is 0 Å². The van der Waals surface area contributed by atoms with Crippen LogP contribution in [0.4, 0.5) is 0 Å². The molecule has 0 aromatic carbocycles. The van der Waals surface area contributed by atoms with Crippen LogP contribution in [0.5, 0.6) is 0 Å². The summed E-state index contributed by atoms with van der Waals surface area (Å²) >= 11 is 6.08. The summed E-state index contributed by atoms with van der Waals surface area (Å²) in [5.41, 5.74) is -6.01. The number of aliphatic carboxylic acids is 8. The van der Waals surface area contributed by atoms with E-state index in [1.165, 1.54) is 0 Å². The summed E-state index contributed by atoms with van der Waals surface area (Å²) in [6.45, 7) is 0. The molecule has 23 N–H and O–H groups in total. The zero-order chi connectivity index (χ0) is 89.8. The van der Waals surface area contributed by atoms with E-state index < -0.39 is 355 Å². The van der Waals surface area contributed by atoms with E-state index in [2.05, 4.69) is 0 Å². The van der Waals surface area contributed by atoms with Gasteiger partial charge < -0.3 is 193 Å². The second-order valence-electron chi connectivity index (χ2n) is 30.1. The Balaban J connectivity index is 1.03. The van der Waals surface area contributed by atoms with Gasteiger partial charge in [-0.1, -0.05) is 0 Å². The monoisotopic (exact) mass is 1910 g/mol. The fourth-order valence-electron chi connectivity index (χ4n) is 14.9. The third kappa shape index (κ3) is 25.4. The molecule has 54 heteroatoms. The van der Waals surface area contributed by atoms with Gasteiger partial charge in [0, 0.05) is 87.0 Å². The largest absolute Gasteiger partial charge is 0.481 e. The first-order valence-electron chi connectivity index (χ1n) is 38.8. The molecular formula is C69H104O47S7. The van der Waals surface area contributed by atoms with E-state index in [-0.39, 0.29) is 63.3 Å². The number of carboxylic acid groups (broad SMARTS) is 8. The Bertz CT molecular complexity index is 3470. The summed E-state index contributed by atoms with van der Waals surface area (Å²) in [5.74, 6) is -14.9. The normalized spacial score (nSPS) is 43.5. The molecule has 1 aliphatic carbocycles. The summed E-state index contributed by atoms with van der Waals surface area (Å²) in [7, 11) is 0. The highest BCUT2D eigenvalue weighted by atomic mass is 32.2. The molecular weight excluding hydrogens is 1810 g/mol. The van der Waals surface area contributed by atoms with E-state index in [0.29, 0.717) is 0 Å². The van der Waals surface area contributed by atoms with Gasteiger partial charge in [-0.05, 0) is 0 Å². The van der Waals surface area contributed by atoms with Crippen LogP contribution in [0.1, 0.15) is 51.4 Å². The maximum Gasteiger partial charge on any atom is 0.344 e. The van der Waals surface area contributed by atoms with Crippen LogP contribution >= 0.6 is 82.3 Å². The summed E-state index contributed by atoms with van der Waals surface area (Å²) in [5, 5.41) is 261. The van der Waals surface area contributed by atoms with Crippen LogP contribution in [-0.4, -0.2) is 484 Å². The third-order valence-electron chi connectivity index (χ3n) is 21.5. The quantitative estimate of drug-likeness (QED) is 0.0259. The summed E-state index contributed by atoms with van der Waals surface area (Å²) in [6, 6.07) is 0. The molecule has 1 saturated carbocycles. The van der Waals surface area contributed by atoms with Gasteiger partial charge in [-0.25, -0.2) is 4.79 Å². The molecule has 39 atom stereocenters. The lowest BCUT2D eigenvalue weighted by molar-refractivity contribution is -0.391. The number of aliphatic hydroxyl groups excluding tert-OH is 14. The Kier molecular flexibility index (Phi) is 38.5. The predicted octanol–water partition coefficient (Wildman–Crippen LogP) is -8.02. The van der Waals surface area contributed by atoms with Crippen LogP contribution in [-0.2, 0) is 114 Å². The lowest BCUT2D eigenvalue weighted by atomic mass is 9.92. The molecule has 16 bridgehead atoms. The van der Waals surface area contributed by atoms with Crippen molar-refractivity contribution in [1.29, 1.82) is 0 Å². The van der Waals surface area contributed by atoms with Crippen molar-refractivity contribution < 1.29 is 232 Å². The highest BCUT2D eigenvalue weighted by Gasteiger charge is 2.83. The summed E-state index contributed by atoms with van der Waals surface area (Å²) < 4.78 is 99.3. The van der Waals surface area contributed by atoms with E-state index in [4.69, 9.17) is 75.8 Å². The van der Waals surface area contributed by atoms with Crippen molar-refractivity contribution in [3.05, 3.63) is 0 Å². The smallest absolute Gasteiger partial charge is 0.344 e. The molecule has 29 aliphatic rings. The number of hydrogen-bond donors (Lipinski definition) is 23. The molecule has 123 heavy (non-hydrogen) atoms. The van der Waals surface area contributed by atoms with Crippen LogP contribution in [0, 0.1) is 0 Å². The molecule has 1 spiro atoms. The number of ether oxygens (including phenoxy) is 16. The van der Waals surface area contributed by atoms with Crippen LogP contribution in [0.3, 0.4) is 0 Å². The van der Waals surface area contributed by atoms with Gasteiger partial charge >= 0.3 is 47.8 Å². The molecule has 704 valence electrons. The van der Waals surface area contributed by atoms with Crippen molar-refractivity contribution in [3.63, 3.8) is 0 Å². The standard InChI is InChI=1S/C69H104O47S7/c70-31(71)1-8-117-16-23-52-38(84)45(91)59(101-23)109-53-24(17-118-9-2-32(72)73)102-61(46(92)39(53)85)111-55-26(19-120-11-4-34(76)77)104-63(48(94)41(55)87)113-57-28(21-122-13-6-36(80)81)106-65(50(96)43(57)89)115-67-69(100,66(98)99)68(15-30(68)108-67)116-58-29(22-123-14-7-37(82)83)107-64(51(97)44(58)90)114-56-27(20-121-12-5-35(78)79)105-62(49(95)42(56)88)112-54-25(18-119-10-3-33(74)75)103-60(110-52)47(93)40(54)86/h23-30,38-65,67,84-97,100H,1-22H2,(H,70,71)(H,72,73)(H,74,75)(H,76,77)(H,78,79)(H,80,81)(H,82,83)(H,98,99)/t23-,24-,25-,26-,27-,28-,29-,30?,38-,39-,40-,41-,42-,43-,44-,45-,46-,47-,48-,49-,50-,51-,52-,53-,54-,55-,56-,57-,58-,59-,60-,61-,62-,63-,64-,65-,67+,68+,69?/m1/s1. The van der Waals surface area contributed by atoms with Gasteiger partial charge in [0.05, 0.1) is 93.8 Å². The van der Waals surface area contributed by atoms with Crippen molar-refractivity contribution in [2.24, 2.45) is 0 Å². The molecule has 47 nitrogen and oxygen atoms in total. The molecule has 29 fully saturated rings. The van der Waals surface area contributed by atoms with Gasteiger partial charge in [-0.2, -0.15) is 82.3 Å². The number of aliphatic hydroxyl groups is 15. The van der Waals surface area contributed by atoms with Gasteiger partial charge in [0.1, 0.15) is 134 Å². The lowest BCUT2D eigenvalue weighted by Gasteiger charge is -2.50. The molecule has 28 saturated heterocycles. The van der Waals surface area contributed by atoms with E-state index in [1.54, 1.807) is 0 Å². The van der Waals surface area contributed by atoms with Gasteiger partial charge in [0.2, 0.25) is 11.9 Å². The Morgan fingerprint density at radius 2 is 0.423 bits per heavy atom. The zero-order valence-electron chi connectivity index (χ0n) is 64.9. The summed E-state index contributed by atoms with van der Waals surface area (Å²) in [4.78, 5) is 96.1. The second-order valence-corrected chi connectivity index (χ2v) is 38.2. The number of hydrogen-bond acceptors (Lipinski definition) is 46. The van der Waals surface area contributed by atoms with Crippen LogP contribution < -0.4 is 0 Å². The maximum atomic E-state index is 13.8. The first kappa shape index (κ1) is 102. The van der Waals surface area contributed by atoms with E-state index in [1.807, 2.05) is 0 Å². The molecule has 28 heterocycles. The van der Waals surface area contributed by atoms with E-state index >= 15 is 0 Å². The Hall–Kier alpha value is -3.03. The zero-order valence-corrected chi connectivity index (χ0v) is 70.6. The Morgan fingerprint density at radius 1 is 0.244 bits per heavy atom. The van der Waals surface area contributed by atoms with Gasteiger partial charge in [-0.15, -0.1) is 0 Å². The molecule has 0 amide bonds. The van der Waals surface area contributed by atoms with Crippen LogP contribution in [0.2, 0.25) is 0 Å². The maximum absolute atomic E-state index is 13.8. The fraction of sp³-hybridized carbons (Fsp3) is 0.884. The molecule has 28 aliphatic heterocycles. The Labute approximate surface area is 728 Å². The first-order valence-corrected chi connectivity index (χ1v) is 46.9. The van der Waals surface area contributed by atoms with Gasteiger partial charge in [-0.3, -0.25) is 33.6 Å². The number of rotatable bonds is 36. The van der Waals surface area contributed by atoms with Crippen molar-refractivity contribution >= 4 is 130 Å². The topological polar surface area (TPSA) is 750 Å². The van der Waals surface area contributed by atoms with Crippen molar-refractivity contribution in [3.8, 4) is 0 Å².